The number of ether oxygens (including phenoxy) is 1. The molecule has 0 bridgehead atoms. The Bertz CT molecular complexity index is 1210. The van der Waals surface area contributed by atoms with Crippen molar-refractivity contribution in [3.8, 4) is 17.0 Å². The molecule has 0 aliphatic heterocycles. The Morgan fingerprint density at radius 1 is 1.09 bits per heavy atom. The number of hydrogen-bond acceptors (Lipinski definition) is 7. The molecule has 0 saturated heterocycles. The van der Waals surface area contributed by atoms with Crippen molar-refractivity contribution in [3.63, 3.8) is 0 Å². The third-order valence-electron chi connectivity index (χ3n) is 5.21. The Labute approximate surface area is 200 Å². The molecule has 182 valence electrons. The summed E-state index contributed by atoms with van der Waals surface area (Å²) in [4.78, 5) is 14.4. The van der Waals surface area contributed by atoms with Crippen LogP contribution in [0.4, 0.5) is 5.69 Å². The Morgan fingerprint density at radius 3 is 2.50 bits per heavy atom. The number of aryl methyl sites for hydroxylation is 1. The fraction of sp³-hybridized carbons (Fsp3) is 0.333. The van der Waals surface area contributed by atoms with E-state index in [-0.39, 0.29) is 23.1 Å². The van der Waals surface area contributed by atoms with Crippen LogP contribution in [0.1, 0.15) is 12.2 Å². The van der Waals surface area contributed by atoms with Crippen molar-refractivity contribution < 1.29 is 22.5 Å². The minimum Gasteiger partial charge on any atom is -0.495 e. The molecular weight excluding hydrogens is 456 g/mol. The number of carbonyl (C=O) groups is 1. The number of amides is 1. The van der Waals surface area contributed by atoms with Crippen molar-refractivity contribution in [3.05, 3.63) is 60.4 Å². The predicted octanol–water partition coefficient (Wildman–Crippen LogP) is 3.10. The number of hydrogen-bond donors (Lipinski definition) is 1. The smallest absolute Gasteiger partial charge is 0.246 e. The molecule has 0 fully saturated rings. The van der Waals surface area contributed by atoms with E-state index in [9.17, 15) is 13.2 Å². The molecule has 0 aliphatic carbocycles. The average molecular weight is 487 g/mol. The zero-order valence-electron chi connectivity index (χ0n) is 19.8. The van der Waals surface area contributed by atoms with E-state index in [0.717, 1.165) is 27.7 Å². The van der Waals surface area contributed by atoms with Crippen molar-refractivity contribution in [2.24, 2.45) is 0 Å². The van der Waals surface area contributed by atoms with Crippen LogP contribution in [0.5, 0.6) is 5.75 Å². The number of nitrogens with one attached hydrogen (secondary N) is 1. The van der Waals surface area contributed by atoms with Gasteiger partial charge in [0.05, 0.1) is 13.7 Å². The second-order valence-electron chi connectivity index (χ2n) is 8.09. The summed E-state index contributed by atoms with van der Waals surface area (Å²) < 4.78 is 36.8. The molecule has 3 rings (SSSR count). The van der Waals surface area contributed by atoms with Crippen molar-refractivity contribution in [1.29, 1.82) is 0 Å². The lowest BCUT2D eigenvalue weighted by molar-refractivity contribution is -0.117. The first kappa shape index (κ1) is 25.4. The number of carbonyl (C=O) groups excluding carboxylic acids is 1. The van der Waals surface area contributed by atoms with Gasteiger partial charge in [-0.2, -0.15) is 0 Å². The van der Waals surface area contributed by atoms with Gasteiger partial charge in [-0.25, -0.2) is 12.7 Å². The molecule has 3 aromatic rings. The first-order valence-corrected chi connectivity index (χ1v) is 12.2. The molecule has 0 radical (unpaired) electrons. The second kappa shape index (κ2) is 11.3. The van der Waals surface area contributed by atoms with Crippen LogP contribution in [0.15, 0.2) is 64.0 Å². The standard InChI is InChI=1S/C24H30N4O5S/c1-27(2)34(30,31)23-15-19(12-13-22(23)32-4)25-24(29)17-28(3)14-8-11-20-16-21(26-33-20)18-9-6-5-7-10-18/h5-7,9-10,12-13,15-16H,8,11,14,17H2,1-4H3,(H,25,29). The zero-order chi connectivity index (χ0) is 24.7. The minimum absolute atomic E-state index is 0.00640. The molecule has 0 unspecified atom stereocenters. The molecule has 1 aromatic heterocycles. The summed E-state index contributed by atoms with van der Waals surface area (Å²) in [5.41, 5.74) is 2.19. The lowest BCUT2D eigenvalue weighted by Crippen LogP contribution is -2.31. The van der Waals surface area contributed by atoms with Crippen LogP contribution in [-0.2, 0) is 21.2 Å². The van der Waals surface area contributed by atoms with Crippen molar-refractivity contribution >= 4 is 21.6 Å². The van der Waals surface area contributed by atoms with E-state index in [2.05, 4.69) is 10.5 Å². The Kier molecular flexibility index (Phi) is 8.43. The van der Waals surface area contributed by atoms with Crippen molar-refractivity contribution in [1.82, 2.24) is 14.4 Å². The van der Waals surface area contributed by atoms with E-state index in [4.69, 9.17) is 9.26 Å². The van der Waals surface area contributed by atoms with Crippen LogP contribution in [0, 0.1) is 0 Å². The molecule has 1 heterocycles. The fourth-order valence-corrected chi connectivity index (χ4v) is 4.45. The lowest BCUT2D eigenvalue weighted by atomic mass is 10.1. The first-order chi connectivity index (χ1) is 16.2. The maximum absolute atomic E-state index is 12.6. The summed E-state index contributed by atoms with van der Waals surface area (Å²) in [5, 5.41) is 6.88. The highest BCUT2D eigenvalue weighted by molar-refractivity contribution is 7.89. The van der Waals surface area contributed by atoms with E-state index in [0.29, 0.717) is 18.7 Å². The summed E-state index contributed by atoms with van der Waals surface area (Å²) in [5.74, 6) is 0.767. The number of likely N-dealkylation sites (N-methyl/N-ethyl adjacent to an activating group) is 1. The molecule has 0 saturated carbocycles. The largest absolute Gasteiger partial charge is 0.495 e. The molecule has 2 aromatic carbocycles. The summed E-state index contributed by atoms with van der Waals surface area (Å²) in [6, 6.07) is 16.3. The topological polar surface area (TPSA) is 105 Å². The number of methoxy groups -OCH3 is 1. The third-order valence-corrected chi connectivity index (χ3v) is 7.05. The molecule has 0 atom stereocenters. The van der Waals surface area contributed by atoms with E-state index in [1.54, 1.807) is 6.07 Å². The number of sulfonamides is 1. The van der Waals surface area contributed by atoms with E-state index in [1.807, 2.05) is 48.3 Å². The third kappa shape index (κ3) is 6.43. The maximum atomic E-state index is 12.6. The van der Waals surface area contributed by atoms with Crippen LogP contribution in [0.25, 0.3) is 11.3 Å². The SMILES string of the molecule is COc1ccc(NC(=O)CN(C)CCCc2cc(-c3ccccc3)no2)cc1S(=O)(=O)N(C)C. The van der Waals surface area contributed by atoms with Gasteiger partial charge in [-0.05, 0) is 38.2 Å². The summed E-state index contributed by atoms with van der Waals surface area (Å²) in [6.45, 7) is 0.838. The van der Waals surface area contributed by atoms with Crippen molar-refractivity contribution in [2.75, 3.05) is 46.7 Å². The highest BCUT2D eigenvalue weighted by atomic mass is 32.2. The molecular formula is C24H30N4O5S. The van der Waals surface area contributed by atoms with Crippen LogP contribution in [0.3, 0.4) is 0 Å². The quantitative estimate of drug-likeness (QED) is 0.444. The molecule has 0 spiro atoms. The van der Waals surface area contributed by atoms with Gasteiger partial charge in [0, 0.05) is 37.8 Å². The van der Waals surface area contributed by atoms with Gasteiger partial charge in [0.2, 0.25) is 15.9 Å². The number of aromatic nitrogens is 1. The van der Waals surface area contributed by atoms with E-state index >= 15 is 0 Å². The lowest BCUT2D eigenvalue weighted by Gasteiger charge is -2.17. The van der Waals surface area contributed by atoms with Gasteiger partial charge in [-0.1, -0.05) is 35.5 Å². The van der Waals surface area contributed by atoms with Gasteiger partial charge in [0.1, 0.15) is 22.1 Å². The highest BCUT2D eigenvalue weighted by Crippen LogP contribution is 2.28. The maximum Gasteiger partial charge on any atom is 0.246 e. The first-order valence-electron chi connectivity index (χ1n) is 10.8. The number of anilines is 1. The molecule has 10 heteroatoms. The van der Waals surface area contributed by atoms with Crippen LogP contribution in [0.2, 0.25) is 0 Å². The number of rotatable bonds is 11. The minimum atomic E-state index is -3.72. The second-order valence-corrected chi connectivity index (χ2v) is 10.2. The molecule has 0 aliphatic rings. The predicted molar refractivity (Wildman–Crippen MR) is 130 cm³/mol. The monoisotopic (exact) mass is 486 g/mol. The Hall–Kier alpha value is -3.21. The molecule has 9 nitrogen and oxygen atoms in total. The fourth-order valence-electron chi connectivity index (χ4n) is 3.38. The van der Waals surface area contributed by atoms with E-state index in [1.165, 1.54) is 33.3 Å². The van der Waals surface area contributed by atoms with Crippen LogP contribution < -0.4 is 10.1 Å². The number of nitrogens with zero attached hydrogens (tertiary/aromatic N) is 3. The highest BCUT2D eigenvalue weighted by Gasteiger charge is 2.23. The summed E-state index contributed by atoms with van der Waals surface area (Å²) >= 11 is 0. The van der Waals surface area contributed by atoms with Gasteiger partial charge in [-0.15, -0.1) is 0 Å². The van der Waals surface area contributed by atoms with Gasteiger partial charge in [0.25, 0.3) is 0 Å². The van der Waals surface area contributed by atoms with Gasteiger partial charge >= 0.3 is 0 Å². The Balaban J connectivity index is 1.51. The van der Waals surface area contributed by atoms with E-state index < -0.39 is 10.0 Å². The average Bonchev–Trinajstić information content (AvgIpc) is 3.28. The van der Waals surface area contributed by atoms with Crippen LogP contribution in [-0.4, -0.2) is 70.0 Å². The Morgan fingerprint density at radius 2 is 1.82 bits per heavy atom. The molecule has 1 amide bonds. The van der Waals surface area contributed by atoms with Gasteiger partial charge in [0.15, 0.2) is 0 Å². The summed E-state index contributed by atoms with van der Waals surface area (Å²) in [7, 11) is 2.41. The molecule has 1 N–H and O–H groups in total. The normalized spacial score (nSPS) is 11.7. The van der Waals surface area contributed by atoms with Gasteiger partial charge in [-0.3, -0.25) is 9.69 Å². The molecule has 34 heavy (non-hydrogen) atoms. The summed E-state index contributed by atoms with van der Waals surface area (Å²) in [6.07, 6.45) is 1.50. The van der Waals surface area contributed by atoms with Crippen molar-refractivity contribution in [2.45, 2.75) is 17.7 Å². The zero-order valence-corrected chi connectivity index (χ0v) is 20.6. The van der Waals surface area contributed by atoms with Gasteiger partial charge < -0.3 is 14.6 Å². The van der Waals surface area contributed by atoms with Crippen LogP contribution >= 0.6 is 0 Å². The number of benzene rings is 2.